The monoisotopic (exact) mass is 302 g/mol. The largest absolute Gasteiger partial charge is 0.399 e. The first-order chi connectivity index (χ1) is 10.8. The minimum atomic E-state index is 0.781. The molecular formula is C19H14N2S. The number of hydrogen-bond acceptors (Lipinski definition) is 3. The highest BCUT2D eigenvalue weighted by Crippen LogP contribution is 2.30. The lowest BCUT2D eigenvalue weighted by atomic mass is 10.1. The number of aromatic nitrogens is 1. The van der Waals surface area contributed by atoms with Crippen LogP contribution in [0.15, 0.2) is 60.7 Å². The van der Waals surface area contributed by atoms with E-state index in [4.69, 9.17) is 10.7 Å². The smallest absolute Gasteiger partial charge is 0.117 e. The normalized spacial score (nSPS) is 11.6. The van der Waals surface area contributed by atoms with Crippen molar-refractivity contribution >= 4 is 50.2 Å². The molecule has 4 aromatic rings. The Morgan fingerprint density at radius 1 is 0.864 bits per heavy atom. The van der Waals surface area contributed by atoms with Gasteiger partial charge in [-0.15, -0.1) is 11.3 Å². The van der Waals surface area contributed by atoms with Gasteiger partial charge in [0.15, 0.2) is 0 Å². The Hall–Kier alpha value is -2.65. The fourth-order valence-corrected chi connectivity index (χ4v) is 3.41. The first kappa shape index (κ1) is 13.0. The van der Waals surface area contributed by atoms with E-state index in [0.29, 0.717) is 0 Å². The Morgan fingerprint density at radius 3 is 2.55 bits per heavy atom. The third-order valence-corrected chi connectivity index (χ3v) is 4.64. The van der Waals surface area contributed by atoms with Crippen LogP contribution in [0.3, 0.4) is 0 Å². The molecule has 1 aromatic heterocycles. The Balaban J connectivity index is 1.76. The topological polar surface area (TPSA) is 38.9 Å². The highest BCUT2D eigenvalue weighted by atomic mass is 32.1. The van der Waals surface area contributed by atoms with Crippen LogP contribution in [0.2, 0.25) is 0 Å². The molecule has 0 unspecified atom stereocenters. The zero-order valence-corrected chi connectivity index (χ0v) is 12.7. The molecule has 0 aliphatic heterocycles. The van der Waals surface area contributed by atoms with Crippen molar-refractivity contribution in [1.82, 2.24) is 4.98 Å². The molecule has 3 heteroatoms. The summed E-state index contributed by atoms with van der Waals surface area (Å²) in [6.07, 6.45) is 4.13. The summed E-state index contributed by atoms with van der Waals surface area (Å²) in [5, 5.41) is 3.46. The molecule has 0 bridgehead atoms. The molecule has 0 aliphatic rings. The van der Waals surface area contributed by atoms with E-state index in [1.54, 1.807) is 11.3 Å². The lowest BCUT2D eigenvalue weighted by molar-refractivity contribution is 1.48. The number of fused-ring (bicyclic) bond motifs is 3. The van der Waals surface area contributed by atoms with E-state index in [9.17, 15) is 0 Å². The van der Waals surface area contributed by atoms with Crippen molar-refractivity contribution in [3.8, 4) is 0 Å². The molecule has 0 aliphatic carbocycles. The highest BCUT2D eigenvalue weighted by molar-refractivity contribution is 7.19. The van der Waals surface area contributed by atoms with Crippen LogP contribution in [0.5, 0.6) is 0 Å². The molecule has 2 nitrogen and oxygen atoms in total. The number of anilines is 1. The molecule has 2 N–H and O–H groups in total. The Kier molecular flexibility index (Phi) is 3.13. The van der Waals surface area contributed by atoms with Gasteiger partial charge in [-0.3, -0.25) is 0 Å². The van der Waals surface area contributed by atoms with E-state index >= 15 is 0 Å². The van der Waals surface area contributed by atoms with Gasteiger partial charge < -0.3 is 5.73 Å². The van der Waals surface area contributed by atoms with Gasteiger partial charge in [0.25, 0.3) is 0 Å². The number of nitrogens with two attached hydrogens (primary N) is 1. The van der Waals surface area contributed by atoms with E-state index in [1.807, 2.05) is 24.3 Å². The zero-order valence-electron chi connectivity index (χ0n) is 11.9. The molecule has 106 valence electrons. The number of thiazole rings is 1. The SMILES string of the molecule is Nc1ccc(C=Cc2nc3c(ccc4ccccc43)s2)cc1. The fourth-order valence-electron chi connectivity index (χ4n) is 2.52. The molecule has 0 atom stereocenters. The van der Waals surface area contributed by atoms with Gasteiger partial charge in [-0.05, 0) is 35.2 Å². The van der Waals surface area contributed by atoms with Crippen molar-refractivity contribution in [1.29, 1.82) is 0 Å². The van der Waals surface area contributed by atoms with E-state index in [0.717, 1.165) is 21.8 Å². The van der Waals surface area contributed by atoms with Crippen molar-refractivity contribution in [3.63, 3.8) is 0 Å². The molecule has 0 radical (unpaired) electrons. The number of hydrogen-bond donors (Lipinski definition) is 1. The molecule has 0 saturated carbocycles. The van der Waals surface area contributed by atoms with Crippen LogP contribution in [0.1, 0.15) is 10.6 Å². The minimum Gasteiger partial charge on any atom is -0.399 e. The first-order valence-electron chi connectivity index (χ1n) is 7.11. The Morgan fingerprint density at radius 2 is 1.68 bits per heavy atom. The number of nitrogen functional groups attached to an aromatic ring is 1. The molecule has 0 spiro atoms. The summed E-state index contributed by atoms with van der Waals surface area (Å²) in [6.45, 7) is 0. The van der Waals surface area contributed by atoms with Crippen molar-refractivity contribution in [3.05, 3.63) is 71.2 Å². The minimum absolute atomic E-state index is 0.781. The van der Waals surface area contributed by atoms with Gasteiger partial charge in [0.2, 0.25) is 0 Å². The van der Waals surface area contributed by atoms with E-state index < -0.39 is 0 Å². The predicted molar refractivity (Wildman–Crippen MR) is 96.9 cm³/mol. The van der Waals surface area contributed by atoms with Gasteiger partial charge in [-0.1, -0.05) is 48.5 Å². The zero-order chi connectivity index (χ0) is 14.9. The average Bonchev–Trinajstić information content (AvgIpc) is 2.98. The molecular weight excluding hydrogens is 288 g/mol. The summed E-state index contributed by atoms with van der Waals surface area (Å²) in [6, 6.07) is 20.5. The van der Waals surface area contributed by atoms with Crippen LogP contribution >= 0.6 is 11.3 Å². The number of rotatable bonds is 2. The lowest BCUT2D eigenvalue weighted by Crippen LogP contribution is -1.82. The summed E-state index contributed by atoms with van der Waals surface area (Å²) in [4.78, 5) is 4.78. The van der Waals surface area contributed by atoms with Gasteiger partial charge in [0, 0.05) is 11.1 Å². The van der Waals surface area contributed by atoms with E-state index in [2.05, 4.69) is 48.6 Å². The van der Waals surface area contributed by atoms with Gasteiger partial charge >= 0.3 is 0 Å². The van der Waals surface area contributed by atoms with Crippen molar-refractivity contribution in [2.24, 2.45) is 0 Å². The van der Waals surface area contributed by atoms with Crippen LogP contribution in [0.4, 0.5) is 5.69 Å². The van der Waals surface area contributed by atoms with Crippen molar-refractivity contribution < 1.29 is 0 Å². The third-order valence-electron chi connectivity index (χ3n) is 3.65. The quantitative estimate of drug-likeness (QED) is 0.517. The second kappa shape index (κ2) is 5.28. The molecule has 3 aromatic carbocycles. The van der Waals surface area contributed by atoms with Gasteiger partial charge in [-0.2, -0.15) is 0 Å². The lowest BCUT2D eigenvalue weighted by Gasteiger charge is -1.96. The van der Waals surface area contributed by atoms with Crippen molar-refractivity contribution in [2.75, 3.05) is 5.73 Å². The second-order valence-electron chi connectivity index (χ2n) is 5.19. The maximum Gasteiger partial charge on any atom is 0.117 e. The Bertz CT molecular complexity index is 981. The first-order valence-corrected chi connectivity index (χ1v) is 7.93. The fraction of sp³-hybridized carbons (Fsp3) is 0. The molecule has 1 heterocycles. The summed E-state index contributed by atoms with van der Waals surface area (Å²) in [5.41, 5.74) is 8.69. The van der Waals surface area contributed by atoms with Crippen LogP contribution in [0, 0.1) is 0 Å². The van der Waals surface area contributed by atoms with Crippen LogP contribution in [-0.2, 0) is 0 Å². The number of nitrogens with zero attached hydrogens (tertiary/aromatic N) is 1. The van der Waals surface area contributed by atoms with Gasteiger partial charge in [-0.25, -0.2) is 4.98 Å². The van der Waals surface area contributed by atoms with Crippen LogP contribution < -0.4 is 5.73 Å². The van der Waals surface area contributed by atoms with Crippen LogP contribution in [-0.4, -0.2) is 4.98 Å². The van der Waals surface area contributed by atoms with Crippen LogP contribution in [0.25, 0.3) is 33.1 Å². The standard InChI is InChI=1S/C19H14N2S/c20-15-9-5-13(6-10-15)7-12-18-21-19-16-4-2-1-3-14(16)8-11-17(19)22-18/h1-12H,20H2. The maximum absolute atomic E-state index is 5.70. The predicted octanol–water partition coefficient (Wildman–Crippen LogP) is 5.20. The second-order valence-corrected chi connectivity index (χ2v) is 6.25. The Labute approximate surface area is 132 Å². The molecule has 0 amide bonds. The van der Waals surface area contributed by atoms with E-state index in [-0.39, 0.29) is 0 Å². The highest BCUT2D eigenvalue weighted by Gasteiger charge is 2.05. The van der Waals surface area contributed by atoms with Crippen molar-refractivity contribution in [2.45, 2.75) is 0 Å². The molecule has 4 rings (SSSR count). The maximum atomic E-state index is 5.70. The average molecular weight is 302 g/mol. The van der Waals surface area contributed by atoms with E-state index in [1.165, 1.54) is 15.5 Å². The third kappa shape index (κ3) is 2.36. The summed E-state index contributed by atoms with van der Waals surface area (Å²) in [7, 11) is 0. The number of benzene rings is 3. The molecule has 0 fully saturated rings. The van der Waals surface area contributed by atoms with Gasteiger partial charge in [0.05, 0.1) is 10.2 Å². The summed E-state index contributed by atoms with van der Waals surface area (Å²) in [5.74, 6) is 0. The summed E-state index contributed by atoms with van der Waals surface area (Å²) >= 11 is 1.71. The molecule has 22 heavy (non-hydrogen) atoms. The molecule has 0 saturated heterocycles. The summed E-state index contributed by atoms with van der Waals surface area (Å²) < 4.78 is 1.22. The van der Waals surface area contributed by atoms with Gasteiger partial charge in [0.1, 0.15) is 5.01 Å².